The van der Waals surface area contributed by atoms with E-state index >= 15 is 0 Å². The third-order valence-corrected chi connectivity index (χ3v) is 2.10. The lowest BCUT2D eigenvalue weighted by atomic mass is 10.4. The van der Waals surface area contributed by atoms with Crippen LogP contribution in [0.15, 0.2) is 18.6 Å². The summed E-state index contributed by atoms with van der Waals surface area (Å²) >= 11 is 0. The standard InChI is InChI=1S/C10H9N7O2/c11-1-7-2-13-9(4-12-7)14-3-8-5-17(16-15-8)6-10(18)19/h2,4-5H,3,6H2,(H,13,14)(H,18,19). The van der Waals surface area contributed by atoms with E-state index in [-0.39, 0.29) is 12.2 Å². The van der Waals surface area contributed by atoms with Gasteiger partial charge in [0.15, 0.2) is 5.69 Å². The fourth-order valence-corrected chi connectivity index (χ4v) is 1.29. The molecule has 0 atom stereocenters. The molecule has 0 saturated heterocycles. The lowest BCUT2D eigenvalue weighted by Gasteiger charge is -2.01. The number of carbonyl (C=O) groups is 1. The van der Waals surface area contributed by atoms with Crippen molar-refractivity contribution in [2.24, 2.45) is 0 Å². The summed E-state index contributed by atoms with van der Waals surface area (Å²) in [5, 5.41) is 27.6. The number of aromatic nitrogens is 5. The zero-order valence-corrected chi connectivity index (χ0v) is 9.69. The molecule has 0 bridgehead atoms. The lowest BCUT2D eigenvalue weighted by Crippen LogP contribution is -2.09. The van der Waals surface area contributed by atoms with Gasteiger partial charge in [-0.3, -0.25) is 4.79 Å². The van der Waals surface area contributed by atoms with Crippen LogP contribution in [-0.4, -0.2) is 36.0 Å². The molecule has 19 heavy (non-hydrogen) atoms. The summed E-state index contributed by atoms with van der Waals surface area (Å²) in [6.45, 7) is 0.101. The van der Waals surface area contributed by atoms with E-state index in [9.17, 15) is 4.79 Å². The second-order valence-corrected chi connectivity index (χ2v) is 3.55. The van der Waals surface area contributed by atoms with E-state index in [4.69, 9.17) is 10.4 Å². The first-order valence-corrected chi connectivity index (χ1v) is 5.24. The monoisotopic (exact) mass is 259 g/mol. The fourth-order valence-electron chi connectivity index (χ4n) is 1.29. The maximum Gasteiger partial charge on any atom is 0.325 e. The molecule has 0 aromatic carbocycles. The average Bonchev–Trinajstić information content (AvgIpc) is 2.84. The quantitative estimate of drug-likeness (QED) is 0.744. The van der Waals surface area contributed by atoms with E-state index in [2.05, 4.69) is 25.6 Å². The van der Waals surface area contributed by atoms with Crippen molar-refractivity contribution in [3.05, 3.63) is 30.0 Å². The molecule has 96 valence electrons. The van der Waals surface area contributed by atoms with Gasteiger partial charge in [-0.25, -0.2) is 14.6 Å². The van der Waals surface area contributed by atoms with Crippen molar-refractivity contribution >= 4 is 11.8 Å². The van der Waals surface area contributed by atoms with Crippen LogP contribution in [0, 0.1) is 11.3 Å². The van der Waals surface area contributed by atoms with Gasteiger partial charge in [0.25, 0.3) is 0 Å². The van der Waals surface area contributed by atoms with E-state index in [1.165, 1.54) is 23.3 Å². The number of hydrogen-bond donors (Lipinski definition) is 2. The summed E-state index contributed by atoms with van der Waals surface area (Å²) in [7, 11) is 0. The number of rotatable bonds is 5. The van der Waals surface area contributed by atoms with E-state index in [0.717, 1.165) is 0 Å². The Hall–Kier alpha value is -3.02. The van der Waals surface area contributed by atoms with Gasteiger partial charge in [0.05, 0.1) is 25.1 Å². The highest BCUT2D eigenvalue weighted by Gasteiger charge is 2.04. The van der Waals surface area contributed by atoms with Crippen molar-refractivity contribution in [1.29, 1.82) is 5.26 Å². The molecule has 2 heterocycles. The molecule has 2 rings (SSSR count). The van der Waals surface area contributed by atoms with E-state index < -0.39 is 5.97 Å². The van der Waals surface area contributed by atoms with E-state index in [1.54, 1.807) is 0 Å². The highest BCUT2D eigenvalue weighted by atomic mass is 16.4. The Labute approximate surface area is 107 Å². The van der Waals surface area contributed by atoms with Crippen molar-refractivity contribution in [3.63, 3.8) is 0 Å². The van der Waals surface area contributed by atoms with Gasteiger partial charge >= 0.3 is 5.97 Å². The highest BCUT2D eigenvalue weighted by Crippen LogP contribution is 2.03. The summed E-state index contributed by atoms with van der Waals surface area (Å²) in [5.41, 5.74) is 0.811. The Kier molecular flexibility index (Phi) is 3.63. The van der Waals surface area contributed by atoms with Crippen molar-refractivity contribution in [1.82, 2.24) is 25.0 Å². The van der Waals surface area contributed by atoms with Crippen LogP contribution in [-0.2, 0) is 17.9 Å². The van der Waals surface area contributed by atoms with Crippen LogP contribution in [0.25, 0.3) is 0 Å². The second-order valence-electron chi connectivity index (χ2n) is 3.55. The zero-order valence-electron chi connectivity index (χ0n) is 9.69. The van der Waals surface area contributed by atoms with E-state index in [1.807, 2.05) is 6.07 Å². The molecule has 0 aliphatic heterocycles. The molecule has 0 spiro atoms. The predicted molar refractivity (Wildman–Crippen MR) is 61.7 cm³/mol. The third kappa shape index (κ3) is 3.47. The van der Waals surface area contributed by atoms with Gasteiger partial charge in [0.1, 0.15) is 24.1 Å². The van der Waals surface area contributed by atoms with Gasteiger partial charge in [-0.1, -0.05) is 5.21 Å². The number of nitriles is 1. The number of anilines is 1. The molecule has 0 saturated carbocycles. The number of aliphatic carboxylic acids is 1. The Morgan fingerprint density at radius 1 is 1.47 bits per heavy atom. The molecule has 9 heteroatoms. The summed E-state index contributed by atoms with van der Waals surface area (Å²) in [6, 6.07) is 1.87. The van der Waals surface area contributed by atoms with Crippen LogP contribution in [0.1, 0.15) is 11.4 Å². The van der Waals surface area contributed by atoms with Gasteiger partial charge in [0, 0.05) is 0 Å². The van der Waals surface area contributed by atoms with Gasteiger partial charge in [0.2, 0.25) is 0 Å². The number of carboxylic acid groups (broad SMARTS) is 1. The predicted octanol–water partition coefficient (Wildman–Crippen LogP) is -0.364. The SMILES string of the molecule is N#Cc1cnc(NCc2cn(CC(=O)O)nn2)cn1. The molecule has 2 aromatic rings. The molecule has 0 radical (unpaired) electrons. The van der Waals surface area contributed by atoms with Crippen LogP contribution in [0.5, 0.6) is 0 Å². The second kappa shape index (κ2) is 5.54. The summed E-state index contributed by atoms with van der Waals surface area (Å²) < 4.78 is 1.23. The topological polar surface area (TPSA) is 130 Å². The zero-order chi connectivity index (χ0) is 13.7. The molecule has 0 fully saturated rings. The van der Waals surface area contributed by atoms with Crippen LogP contribution in [0.3, 0.4) is 0 Å². The summed E-state index contributed by atoms with van der Waals surface area (Å²) in [6.07, 6.45) is 4.31. The highest BCUT2D eigenvalue weighted by molar-refractivity contribution is 5.66. The molecule has 0 aliphatic rings. The number of carboxylic acids is 1. The minimum absolute atomic E-state index is 0.232. The third-order valence-electron chi connectivity index (χ3n) is 2.10. The molecule has 2 aromatic heterocycles. The van der Waals surface area contributed by atoms with Crippen LogP contribution in [0.2, 0.25) is 0 Å². The Bertz CT molecular complexity index is 614. The molecular weight excluding hydrogens is 250 g/mol. The van der Waals surface area contributed by atoms with Gasteiger partial charge in [-0.05, 0) is 0 Å². The Morgan fingerprint density at radius 2 is 2.32 bits per heavy atom. The first-order valence-electron chi connectivity index (χ1n) is 5.24. The Balaban J connectivity index is 1.92. The van der Waals surface area contributed by atoms with Crippen molar-refractivity contribution in [2.75, 3.05) is 5.32 Å². The number of nitrogens with one attached hydrogen (secondary N) is 1. The summed E-state index contributed by atoms with van der Waals surface area (Å²) in [5.74, 6) is -0.492. The molecule has 0 amide bonds. The minimum atomic E-state index is -0.984. The molecule has 0 unspecified atom stereocenters. The smallest absolute Gasteiger partial charge is 0.325 e. The van der Waals surface area contributed by atoms with Crippen molar-refractivity contribution < 1.29 is 9.90 Å². The normalized spacial score (nSPS) is 9.84. The summed E-state index contributed by atoms with van der Waals surface area (Å²) in [4.78, 5) is 18.3. The fraction of sp³-hybridized carbons (Fsp3) is 0.200. The first kappa shape index (κ1) is 12.4. The lowest BCUT2D eigenvalue weighted by molar-refractivity contribution is -0.137. The van der Waals surface area contributed by atoms with E-state index in [0.29, 0.717) is 18.1 Å². The van der Waals surface area contributed by atoms with Crippen molar-refractivity contribution in [3.8, 4) is 6.07 Å². The van der Waals surface area contributed by atoms with Crippen LogP contribution >= 0.6 is 0 Å². The molecule has 2 N–H and O–H groups in total. The molecule has 0 aliphatic carbocycles. The maximum absolute atomic E-state index is 10.5. The van der Waals surface area contributed by atoms with Gasteiger partial charge in [-0.2, -0.15) is 5.26 Å². The number of hydrogen-bond acceptors (Lipinski definition) is 7. The van der Waals surface area contributed by atoms with Gasteiger partial charge in [-0.15, -0.1) is 5.10 Å². The molecular formula is C10H9N7O2. The number of nitrogens with zero attached hydrogens (tertiary/aromatic N) is 6. The molecule has 9 nitrogen and oxygen atoms in total. The van der Waals surface area contributed by atoms with Gasteiger partial charge < -0.3 is 10.4 Å². The van der Waals surface area contributed by atoms with Crippen LogP contribution < -0.4 is 5.32 Å². The van der Waals surface area contributed by atoms with Crippen molar-refractivity contribution in [2.45, 2.75) is 13.1 Å². The Morgan fingerprint density at radius 3 is 2.95 bits per heavy atom. The maximum atomic E-state index is 10.5. The largest absolute Gasteiger partial charge is 0.480 e. The van der Waals surface area contributed by atoms with Crippen LogP contribution in [0.4, 0.5) is 5.82 Å². The first-order chi connectivity index (χ1) is 9.17. The average molecular weight is 259 g/mol. The minimum Gasteiger partial charge on any atom is -0.480 e.